The molecule has 4 heteroatoms. The molecular weight excluding hydrogens is 372 g/mol. The predicted octanol–water partition coefficient (Wildman–Crippen LogP) is 5.36. The Kier molecular flexibility index (Phi) is 6.34. The van der Waals surface area contributed by atoms with Crippen LogP contribution in [0.1, 0.15) is 36.9 Å². The summed E-state index contributed by atoms with van der Waals surface area (Å²) in [6, 6.07) is 25.8. The van der Waals surface area contributed by atoms with Gasteiger partial charge in [0, 0.05) is 31.6 Å². The van der Waals surface area contributed by atoms with Gasteiger partial charge in [-0.05, 0) is 41.7 Å². The number of nitrogens with one attached hydrogen (secondary N) is 1. The third kappa shape index (κ3) is 4.34. The van der Waals surface area contributed by atoms with Crippen molar-refractivity contribution in [1.29, 1.82) is 0 Å². The number of carbonyl (C=O) groups excluding carboxylic acids is 1. The van der Waals surface area contributed by atoms with Crippen molar-refractivity contribution in [2.45, 2.75) is 25.8 Å². The van der Waals surface area contributed by atoms with Gasteiger partial charge in [-0.2, -0.15) is 0 Å². The molecule has 1 N–H and O–H groups in total. The molecule has 156 valence electrons. The van der Waals surface area contributed by atoms with Crippen molar-refractivity contribution in [1.82, 2.24) is 10.2 Å². The summed E-state index contributed by atoms with van der Waals surface area (Å²) in [5.41, 5.74) is 2.60. The van der Waals surface area contributed by atoms with Gasteiger partial charge < -0.3 is 15.0 Å². The molecule has 2 unspecified atom stereocenters. The maximum Gasteiger partial charge on any atom is 0.409 e. The molecule has 1 aliphatic rings. The minimum absolute atomic E-state index is 0.206. The van der Waals surface area contributed by atoms with Gasteiger partial charge in [-0.15, -0.1) is 0 Å². The maximum absolute atomic E-state index is 12.4. The Balaban J connectivity index is 1.50. The van der Waals surface area contributed by atoms with Crippen LogP contribution in [-0.4, -0.2) is 37.2 Å². The minimum Gasteiger partial charge on any atom is -0.450 e. The van der Waals surface area contributed by atoms with Crippen molar-refractivity contribution in [3.05, 3.63) is 83.9 Å². The largest absolute Gasteiger partial charge is 0.450 e. The molecule has 3 atom stereocenters. The van der Waals surface area contributed by atoms with Crippen molar-refractivity contribution >= 4 is 16.9 Å². The number of rotatable bonds is 6. The molecule has 1 heterocycles. The highest BCUT2D eigenvalue weighted by Crippen LogP contribution is 2.33. The summed E-state index contributed by atoms with van der Waals surface area (Å²) < 4.78 is 5.27. The highest BCUT2D eigenvalue weighted by atomic mass is 16.6. The van der Waals surface area contributed by atoms with Crippen LogP contribution in [0.25, 0.3) is 10.8 Å². The molecule has 1 amide bonds. The topological polar surface area (TPSA) is 41.6 Å². The number of nitrogens with zero attached hydrogens (tertiary/aromatic N) is 1. The number of benzene rings is 3. The quantitative estimate of drug-likeness (QED) is 0.603. The fourth-order valence-electron chi connectivity index (χ4n) is 4.59. The van der Waals surface area contributed by atoms with E-state index >= 15 is 0 Å². The van der Waals surface area contributed by atoms with Gasteiger partial charge in [-0.25, -0.2) is 4.79 Å². The van der Waals surface area contributed by atoms with E-state index in [2.05, 4.69) is 79.0 Å². The lowest BCUT2D eigenvalue weighted by molar-refractivity contribution is 0.114. The van der Waals surface area contributed by atoms with E-state index in [1.165, 1.54) is 21.9 Å². The summed E-state index contributed by atoms with van der Waals surface area (Å²) in [7, 11) is 0. The minimum atomic E-state index is -0.206. The van der Waals surface area contributed by atoms with Gasteiger partial charge in [0.25, 0.3) is 0 Å². The van der Waals surface area contributed by atoms with Crippen LogP contribution in [0.2, 0.25) is 0 Å². The van der Waals surface area contributed by atoms with Gasteiger partial charge in [-0.3, -0.25) is 0 Å². The fourth-order valence-corrected chi connectivity index (χ4v) is 4.59. The first kappa shape index (κ1) is 20.4. The summed E-state index contributed by atoms with van der Waals surface area (Å²) in [4.78, 5) is 14.2. The first-order chi connectivity index (χ1) is 14.7. The van der Waals surface area contributed by atoms with Crippen molar-refractivity contribution in [2.75, 3.05) is 26.2 Å². The summed E-state index contributed by atoms with van der Waals surface area (Å²) in [5, 5.41) is 6.30. The predicted molar refractivity (Wildman–Crippen MR) is 122 cm³/mol. The van der Waals surface area contributed by atoms with Crippen molar-refractivity contribution in [2.24, 2.45) is 5.92 Å². The van der Waals surface area contributed by atoms with Crippen molar-refractivity contribution in [3.63, 3.8) is 0 Å². The Morgan fingerprint density at radius 3 is 2.57 bits per heavy atom. The third-order valence-electron chi connectivity index (χ3n) is 6.17. The molecule has 1 aliphatic heterocycles. The van der Waals surface area contributed by atoms with Crippen LogP contribution < -0.4 is 5.32 Å². The number of amides is 1. The molecule has 0 spiro atoms. The van der Waals surface area contributed by atoms with E-state index < -0.39 is 0 Å². The standard InChI is InChI=1S/C26H30N2O2/c1-3-30-26(29)28-17-22(25(18-28)21-10-5-4-6-11-21)16-27-19(2)23-15-9-13-20-12-7-8-14-24(20)23/h4-15,19,22,25,27H,3,16-18H2,1-2H3/t19-,22?,25?/m1/s1. The molecule has 4 rings (SSSR count). The second kappa shape index (κ2) is 9.31. The third-order valence-corrected chi connectivity index (χ3v) is 6.17. The van der Waals surface area contributed by atoms with Gasteiger partial charge in [0.15, 0.2) is 0 Å². The average Bonchev–Trinajstić information content (AvgIpc) is 3.22. The number of likely N-dealkylation sites (tertiary alicyclic amines) is 1. The van der Waals surface area contributed by atoms with Crippen molar-refractivity contribution < 1.29 is 9.53 Å². The van der Waals surface area contributed by atoms with Gasteiger partial charge in [0.1, 0.15) is 0 Å². The van der Waals surface area contributed by atoms with Gasteiger partial charge in [-0.1, -0.05) is 72.8 Å². The summed E-state index contributed by atoms with van der Waals surface area (Å²) in [5.74, 6) is 0.650. The Bertz CT molecular complexity index is 983. The molecule has 3 aromatic carbocycles. The second-order valence-electron chi connectivity index (χ2n) is 8.08. The van der Waals surface area contributed by atoms with Crippen LogP contribution in [0.15, 0.2) is 72.8 Å². The number of carbonyl (C=O) groups is 1. The second-order valence-corrected chi connectivity index (χ2v) is 8.08. The Morgan fingerprint density at radius 1 is 1.03 bits per heavy atom. The van der Waals surface area contributed by atoms with Crippen molar-refractivity contribution in [3.8, 4) is 0 Å². The van der Waals surface area contributed by atoms with E-state index in [4.69, 9.17) is 4.74 Å². The summed E-state index contributed by atoms with van der Waals surface area (Å²) in [6.07, 6.45) is -0.206. The monoisotopic (exact) mass is 402 g/mol. The van der Waals surface area contributed by atoms with Crippen LogP contribution in [0.5, 0.6) is 0 Å². The first-order valence-corrected chi connectivity index (χ1v) is 10.8. The molecule has 1 saturated heterocycles. The lowest BCUT2D eigenvalue weighted by atomic mass is 9.88. The zero-order chi connectivity index (χ0) is 20.9. The molecular formula is C26H30N2O2. The van der Waals surface area contributed by atoms with E-state index in [0.29, 0.717) is 31.5 Å². The Hall–Kier alpha value is -2.85. The van der Waals surface area contributed by atoms with Crippen LogP contribution >= 0.6 is 0 Å². The molecule has 30 heavy (non-hydrogen) atoms. The van der Waals surface area contributed by atoms with Crippen LogP contribution in [-0.2, 0) is 4.74 Å². The van der Waals surface area contributed by atoms with Gasteiger partial charge >= 0.3 is 6.09 Å². The molecule has 0 saturated carbocycles. The highest BCUT2D eigenvalue weighted by molar-refractivity contribution is 5.86. The molecule has 1 fully saturated rings. The van der Waals surface area contributed by atoms with Crippen LogP contribution in [0, 0.1) is 5.92 Å². The lowest BCUT2D eigenvalue weighted by Gasteiger charge is -2.23. The van der Waals surface area contributed by atoms with E-state index in [9.17, 15) is 4.79 Å². The molecule has 0 aromatic heterocycles. The smallest absolute Gasteiger partial charge is 0.409 e. The zero-order valence-corrected chi connectivity index (χ0v) is 17.8. The van der Waals surface area contributed by atoms with E-state index in [1.807, 2.05) is 17.9 Å². The van der Waals surface area contributed by atoms with E-state index in [-0.39, 0.29) is 12.1 Å². The van der Waals surface area contributed by atoms with Crippen LogP contribution in [0.3, 0.4) is 0 Å². The summed E-state index contributed by atoms with van der Waals surface area (Å²) in [6.45, 7) is 6.75. The Labute approximate surface area is 178 Å². The highest BCUT2D eigenvalue weighted by Gasteiger charge is 2.36. The lowest BCUT2D eigenvalue weighted by Crippen LogP contribution is -2.32. The molecule has 3 aromatic rings. The van der Waals surface area contributed by atoms with E-state index in [1.54, 1.807) is 0 Å². The zero-order valence-electron chi connectivity index (χ0n) is 17.8. The van der Waals surface area contributed by atoms with E-state index in [0.717, 1.165) is 6.54 Å². The molecule has 0 aliphatic carbocycles. The average molecular weight is 403 g/mol. The first-order valence-electron chi connectivity index (χ1n) is 10.8. The number of hydrogen-bond donors (Lipinski definition) is 1. The fraction of sp³-hybridized carbons (Fsp3) is 0.346. The summed E-state index contributed by atoms with van der Waals surface area (Å²) >= 11 is 0. The van der Waals surface area contributed by atoms with Crippen LogP contribution in [0.4, 0.5) is 4.79 Å². The van der Waals surface area contributed by atoms with Gasteiger partial charge in [0.05, 0.1) is 6.61 Å². The molecule has 0 radical (unpaired) electrons. The number of fused-ring (bicyclic) bond motifs is 1. The number of ether oxygens (including phenoxy) is 1. The molecule has 4 nitrogen and oxygen atoms in total. The SMILES string of the molecule is CCOC(=O)N1CC(CN[C@H](C)c2cccc3ccccc23)C(c2ccccc2)C1. The molecule has 0 bridgehead atoms. The van der Waals surface area contributed by atoms with Gasteiger partial charge in [0.2, 0.25) is 0 Å². The Morgan fingerprint density at radius 2 is 1.77 bits per heavy atom. The number of hydrogen-bond acceptors (Lipinski definition) is 3. The maximum atomic E-state index is 12.4. The normalized spacial score (nSPS) is 19.7.